The van der Waals surface area contributed by atoms with Crippen LogP contribution in [0.25, 0.3) is 0 Å². The summed E-state index contributed by atoms with van der Waals surface area (Å²) in [5, 5.41) is 3.22. The van der Waals surface area contributed by atoms with Gasteiger partial charge in [-0.3, -0.25) is 4.79 Å². The molecule has 12 heavy (non-hydrogen) atoms. The van der Waals surface area contributed by atoms with Crippen LogP contribution < -0.4 is 0 Å². The number of Topliss-reactive ketones (excluding diaryl/α,β-unsaturated/α-hetero) is 1. The van der Waals surface area contributed by atoms with E-state index in [0.29, 0.717) is 28.8 Å². The molecule has 0 spiro atoms. The molecule has 1 atom stereocenters. The number of hydrogen-bond acceptors (Lipinski definition) is 3. The van der Waals surface area contributed by atoms with Gasteiger partial charge in [-0.25, -0.2) is 0 Å². The minimum absolute atomic E-state index is 0.0916. The molecule has 0 amide bonds. The molecule has 0 N–H and O–H groups in total. The molecule has 3 nitrogen and oxygen atoms in total. The molecule has 0 fully saturated rings. The predicted molar refractivity (Wildman–Crippen MR) is 46.5 cm³/mol. The average molecular weight is 250 g/mol. The maximum absolute atomic E-state index is 11.4. The van der Waals surface area contributed by atoms with E-state index in [0.717, 1.165) is 0 Å². The number of hydrogen-bond donors (Lipinski definition) is 0. The number of alkyl halides is 1. The summed E-state index contributed by atoms with van der Waals surface area (Å²) in [7, 11) is 0. The highest BCUT2D eigenvalue weighted by Crippen LogP contribution is 2.29. The van der Waals surface area contributed by atoms with E-state index < -0.39 is 5.38 Å². The van der Waals surface area contributed by atoms with Crippen LogP contribution in [0.2, 0.25) is 0 Å². The molecule has 0 aromatic carbocycles. The molecule has 0 saturated carbocycles. The Balaban J connectivity index is 2.53. The molecule has 1 heterocycles. The van der Waals surface area contributed by atoms with E-state index in [1.165, 1.54) is 0 Å². The van der Waals surface area contributed by atoms with E-state index in [1.54, 1.807) is 0 Å². The third-order valence-corrected chi connectivity index (χ3v) is 2.83. The summed E-state index contributed by atoms with van der Waals surface area (Å²) in [5.74, 6) is 0.551. The molecule has 1 aliphatic rings. The second-order valence-corrected chi connectivity index (χ2v) is 3.92. The van der Waals surface area contributed by atoms with Gasteiger partial charge in [0.05, 0.1) is 10.9 Å². The van der Waals surface area contributed by atoms with Crippen molar-refractivity contribution in [1.82, 2.24) is 5.16 Å². The van der Waals surface area contributed by atoms with Crippen LogP contribution in [-0.2, 0) is 6.42 Å². The third kappa shape index (κ3) is 1.10. The number of rotatable bonds is 0. The Morgan fingerprint density at radius 2 is 2.42 bits per heavy atom. The van der Waals surface area contributed by atoms with Gasteiger partial charge in [-0.05, 0) is 22.4 Å². The summed E-state index contributed by atoms with van der Waals surface area (Å²) < 4.78 is 5.39. The Hall–Kier alpha value is -0.350. The number of carbonyl (C=O) groups excluding carboxylic acids is 1. The number of aromatic nitrogens is 1. The number of carbonyl (C=O) groups is 1. The van der Waals surface area contributed by atoms with Crippen molar-refractivity contribution in [1.29, 1.82) is 0 Å². The molecule has 1 unspecified atom stereocenters. The normalized spacial score (nSPS) is 22.5. The first kappa shape index (κ1) is 8.26. The number of ketones is 1. The number of nitrogens with zero attached hydrogens (tertiary/aromatic N) is 1. The van der Waals surface area contributed by atoms with Gasteiger partial charge in [0.25, 0.3) is 0 Å². The van der Waals surface area contributed by atoms with Crippen LogP contribution in [0.3, 0.4) is 0 Å². The molecule has 1 aliphatic carbocycles. The Labute approximate surface area is 82.2 Å². The van der Waals surface area contributed by atoms with Crippen molar-refractivity contribution < 1.29 is 9.32 Å². The zero-order valence-corrected chi connectivity index (χ0v) is 8.35. The highest BCUT2D eigenvalue weighted by molar-refractivity contribution is 9.10. The Kier molecular flexibility index (Phi) is 1.96. The summed E-state index contributed by atoms with van der Waals surface area (Å²) in [5.41, 5.74) is 0.515. The molecule has 0 saturated heterocycles. The monoisotopic (exact) mass is 249 g/mol. The van der Waals surface area contributed by atoms with Crippen molar-refractivity contribution in [3.05, 3.63) is 15.9 Å². The molecule has 1 aromatic heterocycles. The van der Waals surface area contributed by atoms with Crippen LogP contribution in [0.5, 0.6) is 0 Å². The predicted octanol–water partition coefficient (Wildman–Crippen LogP) is 2.17. The number of halogens is 2. The fourth-order valence-electron chi connectivity index (χ4n) is 1.26. The van der Waals surface area contributed by atoms with Gasteiger partial charge in [0.2, 0.25) is 0 Å². The van der Waals surface area contributed by atoms with Gasteiger partial charge in [-0.1, -0.05) is 5.16 Å². The van der Waals surface area contributed by atoms with Crippen molar-refractivity contribution in [2.45, 2.75) is 18.2 Å². The minimum Gasteiger partial charge on any atom is -0.359 e. The third-order valence-electron chi connectivity index (χ3n) is 1.88. The van der Waals surface area contributed by atoms with Gasteiger partial charge >= 0.3 is 0 Å². The fourth-order valence-corrected chi connectivity index (χ4v) is 1.96. The molecule has 64 valence electrons. The maximum Gasteiger partial charge on any atom is 0.187 e. The van der Waals surface area contributed by atoms with E-state index >= 15 is 0 Å². The zero-order valence-electron chi connectivity index (χ0n) is 6.01. The molecule has 2 rings (SSSR count). The van der Waals surface area contributed by atoms with Crippen LogP contribution in [0.1, 0.15) is 22.5 Å². The van der Waals surface area contributed by atoms with E-state index in [-0.39, 0.29) is 5.78 Å². The fraction of sp³-hybridized carbons (Fsp3) is 0.429. The lowest BCUT2D eigenvalue weighted by molar-refractivity contribution is 0.0973. The first-order valence-corrected chi connectivity index (χ1v) is 4.75. The van der Waals surface area contributed by atoms with Gasteiger partial charge < -0.3 is 4.52 Å². The molecule has 1 aromatic rings. The van der Waals surface area contributed by atoms with Gasteiger partial charge in [0.15, 0.2) is 10.4 Å². The second-order valence-electron chi connectivity index (χ2n) is 2.64. The number of fused-ring (bicyclic) bond motifs is 1. The topological polar surface area (TPSA) is 43.1 Å². The molecule has 0 aliphatic heterocycles. The summed E-state index contributed by atoms with van der Waals surface area (Å²) in [4.78, 5) is 11.4. The van der Waals surface area contributed by atoms with Gasteiger partial charge in [-0.15, -0.1) is 11.6 Å². The molecule has 0 radical (unpaired) electrons. The van der Waals surface area contributed by atoms with Crippen molar-refractivity contribution in [2.75, 3.05) is 0 Å². The summed E-state index contributed by atoms with van der Waals surface area (Å²) in [6.07, 6.45) is 1.32. The van der Waals surface area contributed by atoms with E-state index in [2.05, 4.69) is 21.1 Å². The Morgan fingerprint density at radius 1 is 1.67 bits per heavy atom. The Morgan fingerprint density at radius 3 is 3.17 bits per heavy atom. The average Bonchev–Trinajstić information content (AvgIpc) is 2.41. The second kappa shape index (κ2) is 2.85. The molecular formula is C7H5BrClNO2. The van der Waals surface area contributed by atoms with Crippen molar-refractivity contribution in [2.24, 2.45) is 0 Å². The van der Waals surface area contributed by atoms with Crippen LogP contribution in [0.15, 0.2) is 9.13 Å². The lowest BCUT2D eigenvalue weighted by Gasteiger charge is -2.12. The first-order valence-electron chi connectivity index (χ1n) is 3.52. The van der Waals surface area contributed by atoms with Crippen LogP contribution in [0, 0.1) is 0 Å². The maximum atomic E-state index is 11.4. The molecular weight excluding hydrogens is 245 g/mol. The van der Waals surface area contributed by atoms with E-state index in [1.807, 2.05) is 0 Å². The van der Waals surface area contributed by atoms with Crippen molar-refractivity contribution >= 4 is 33.3 Å². The first-order chi connectivity index (χ1) is 5.70. The SMILES string of the molecule is O=C1c2c(Br)noc2CCC1Cl. The smallest absolute Gasteiger partial charge is 0.187 e. The molecule has 0 bridgehead atoms. The highest BCUT2D eigenvalue weighted by atomic mass is 79.9. The number of aryl methyl sites for hydroxylation is 1. The van der Waals surface area contributed by atoms with E-state index in [4.69, 9.17) is 16.1 Å². The van der Waals surface area contributed by atoms with Crippen LogP contribution >= 0.6 is 27.5 Å². The van der Waals surface area contributed by atoms with Gasteiger partial charge in [0.1, 0.15) is 5.76 Å². The van der Waals surface area contributed by atoms with Gasteiger partial charge in [-0.2, -0.15) is 0 Å². The minimum atomic E-state index is -0.423. The quantitative estimate of drug-likeness (QED) is 0.663. The van der Waals surface area contributed by atoms with Crippen molar-refractivity contribution in [3.8, 4) is 0 Å². The molecule has 5 heteroatoms. The van der Waals surface area contributed by atoms with E-state index in [9.17, 15) is 4.79 Å². The van der Waals surface area contributed by atoms with Crippen molar-refractivity contribution in [3.63, 3.8) is 0 Å². The lowest BCUT2D eigenvalue weighted by Crippen LogP contribution is -2.21. The van der Waals surface area contributed by atoms with Crippen LogP contribution in [-0.4, -0.2) is 16.3 Å². The lowest BCUT2D eigenvalue weighted by atomic mass is 9.97. The zero-order chi connectivity index (χ0) is 8.72. The highest BCUT2D eigenvalue weighted by Gasteiger charge is 2.31. The Bertz CT molecular complexity index is 336. The summed E-state index contributed by atoms with van der Waals surface area (Å²) in [6.45, 7) is 0. The van der Waals surface area contributed by atoms with Crippen LogP contribution in [0.4, 0.5) is 0 Å². The summed E-state index contributed by atoms with van der Waals surface area (Å²) >= 11 is 8.92. The largest absolute Gasteiger partial charge is 0.359 e. The summed E-state index contributed by atoms with van der Waals surface area (Å²) in [6, 6.07) is 0. The standard InChI is InChI=1S/C7H5BrClNO2/c8-7-5-4(12-10-7)2-1-3(9)6(5)11/h3H,1-2H2. The van der Waals surface area contributed by atoms with Gasteiger partial charge in [0, 0.05) is 6.42 Å².